The maximum atomic E-state index is 14.7. The number of imidazole rings is 1. The number of alkyl halides is 6. The van der Waals surface area contributed by atoms with Gasteiger partial charge in [-0.25, -0.2) is 9.37 Å². The molecule has 0 spiro atoms. The largest absolute Gasteiger partial charge is 0.430 e. The maximum Gasteiger partial charge on any atom is 0.430 e. The number of aliphatic hydroxyl groups is 1. The van der Waals surface area contributed by atoms with E-state index in [1.807, 2.05) is 6.07 Å². The summed E-state index contributed by atoms with van der Waals surface area (Å²) < 4.78 is 96.6. The second-order valence-corrected chi connectivity index (χ2v) is 9.86. The van der Waals surface area contributed by atoms with Gasteiger partial charge in [0.15, 0.2) is 0 Å². The van der Waals surface area contributed by atoms with Gasteiger partial charge in [-0.05, 0) is 53.3 Å². The smallest absolute Gasteiger partial charge is 0.369 e. The van der Waals surface area contributed by atoms with Gasteiger partial charge in [0.25, 0.3) is 5.60 Å². The van der Waals surface area contributed by atoms with Crippen LogP contribution in [0.3, 0.4) is 0 Å². The maximum absolute atomic E-state index is 14.7. The third kappa shape index (κ3) is 3.57. The molecule has 1 heterocycles. The molecular formula is C27H16ClF7N2O. The molecule has 0 atom stereocenters. The zero-order chi connectivity index (χ0) is 27.2. The minimum absolute atomic E-state index is 0.0265. The summed E-state index contributed by atoms with van der Waals surface area (Å²) in [7, 11) is 0. The molecular weight excluding hydrogens is 537 g/mol. The van der Waals surface area contributed by atoms with Crippen LogP contribution in [0.15, 0.2) is 54.6 Å². The molecule has 0 radical (unpaired) electrons. The summed E-state index contributed by atoms with van der Waals surface area (Å²) in [6, 6.07) is 11.7. The zero-order valence-electron chi connectivity index (χ0n) is 19.1. The summed E-state index contributed by atoms with van der Waals surface area (Å²) in [5.74, 6) is -0.374. The molecule has 2 N–H and O–H groups in total. The van der Waals surface area contributed by atoms with Crippen LogP contribution in [-0.2, 0) is 5.60 Å². The molecule has 6 rings (SSSR count). The van der Waals surface area contributed by atoms with E-state index in [0.29, 0.717) is 28.4 Å². The molecule has 0 unspecified atom stereocenters. The summed E-state index contributed by atoms with van der Waals surface area (Å²) in [5.41, 5.74) is -4.96. The van der Waals surface area contributed by atoms with E-state index in [2.05, 4.69) is 9.97 Å². The first-order valence-corrected chi connectivity index (χ1v) is 11.9. The lowest BCUT2D eigenvalue weighted by molar-refractivity contribution is -0.376. The van der Waals surface area contributed by atoms with Gasteiger partial charge in [0.1, 0.15) is 11.6 Å². The van der Waals surface area contributed by atoms with Crippen LogP contribution in [0.25, 0.3) is 44.0 Å². The molecule has 38 heavy (non-hydrogen) atoms. The highest BCUT2D eigenvalue weighted by molar-refractivity contribution is 6.33. The van der Waals surface area contributed by atoms with Crippen LogP contribution >= 0.6 is 11.6 Å². The molecule has 1 fully saturated rings. The van der Waals surface area contributed by atoms with E-state index in [1.54, 1.807) is 12.1 Å². The monoisotopic (exact) mass is 552 g/mol. The summed E-state index contributed by atoms with van der Waals surface area (Å²) >= 11 is 6.21. The Morgan fingerprint density at radius 3 is 2.13 bits per heavy atom. The Morgan fingerprint density at radius 1 is 0.842 bits per heavy atom. The Morgan fingerprint density at radius 2 is 1.50 bits per heavy atom. The van der Waals surface area contributed by atoms with Crippen LogP contribution in [0.1, 0.15) is 29.9 Å². The van der Waals surface area contributed by atoms with E-state index in [-0.39, 0.29) is 38.6 Å². The number of fused-ring (bicyclic) bond motifs is 6. The molecule has 3 nitrogen and oxygen atoms in total. The topological polar surface area (TPSA) is 48.9 Å². The second kappa shape index (κ2) is 8.07. The number of hydrogen-bond acceptors (Lipinski definition) is 2. The predicted octanol–water partition coefficient (Wildman–Crippen LogP) is 8.52. The van der Waals surface area contributed by atoms with Crippen molar-refractivity contribution < 1.29 is 35.8 Å². The average molecular weight is 553 g/mol. The summed E-state index contributed by atoms with van der Waals surface area (Å²) in [5, 5.41) is 11.2. The molecule has 0 amide bonds. The number of nitrogens with one attached hydrogen (secondary N) is 1. The molecule has 5 aromatic rings. The van der Waals surface area contributed by atoms with Crippen LogP contribution < -0.4 is 0 Å². The highest BCUT2D eigenvalue weighted by Gasteiger charge is 2.71. The first kappa shape index (κ1) is 24.9. The summed E-state index contributed by atoms with van der Waals surface area (Å²) in [6.45, 7) is 0. The summed E-state index contributed by atoms with van der Waals surface area (Å²) in [4.78, 5) is 7.49. The van der Waals surface area contributed by atoms with Crippen LogP contribution in [0.2, 0.25) is 5.02 Å². The molecule has 0 aliphatic heterocycles. The highest BCUT2D eigenvalue weighted by atomic mass is 35.5. The van der Waals surface area contributed by atoms with Crippen molar-refractivity contribution in [3.8, 4) is 11.4 Å². The van der Waals surface area contributed by atoms with E-state index < -0.39 is 29.3 Å². The van der Waals surface area contributed by atoms with E-state index >= 15 is 0 Å². The van der Waals surface area contributed by atoms with Crippen molar-refractivity contribution in [2.45, 2.75) is 36.7 Å². The number of aromatic amines is 1. The highest BCUT2D eigenvalue weighted by Crippen LogP contribution is 2.51. The van der Waals surface area contributed by atoms with Gasteiger partial charge in [-0.15, -0.1) is 0 Å². The molecule has 196 valence electrons. The molecule has 0 saturated heterocycles. The molecule has 1 aliphatic rings. The first-order chi connectivity index (χ1) is 17.8. The number of aromatic nitrogens is 2. The van der Waals surface area contributed by atoms with Gasteiger partial charge in [-0.2, -0.15) is 26.3 Å². The van der Waals surface area contributed by atoms with Crippen LogP contribution in [0.5, 0.6) is 0 Å². The Labute approximate surface area is 214 Å². The molecule has 11 heteroatoms. The predicted molar refractivity (Wildman–Crippen MR) is 129 cm³/mol. The van der Waals surface area contributed by atoms with Crippen LogP contribution in [0, 0.1) is 5.82 Å². The SMILES string of the molecule is OC(c1ccc2c(c1)c1cc(C3CC3)ccc1c1nc(-c3c(F)cccc3Cl)[nH]c21)(C(F)(F)F)C(F)(F)F. The van der Waals surface area contributed by atoms with Crippen molar-refractivity contribution >= 4 is 44.2 Å². The molecule has 1 aromatic heterocycles. The second-order valence-electron chi connectivity index (χ2n) is 9.45. The Bertz CT molecular complexity index is 1720. The van der Waals surface area contributed by atoms with Crippen LogP contribution in [0.4, 0.5) is 30.7 Å². The summed E-state index contributed by atoms with van der Waals surface area (Å²) in [6.07, 6.45) is -10.2. The average Bonchev–Trinajstić information content (AvgIpc) is 3.60. The quantitative estimate of drug-likeness (QED) is 0.174. The van der Waals surface area contributed by atoms with Crippen molar-refractivity contribution in [1.29, 1.82) is 0 Å². The third-order valence-electron chi connectivity index (χ3n) is 7.07. The fourth-order valence-electron chi connectivity index (χ4n) is 4.97. The van der Waals surface area contributed by atoms with Gasteiger partial charge in [-0.3, -0.25) is 0 Å². The number of halogens is 8. The fraction of sp³-hybridized carbons (Fsp3) is 0.222. The fourth-order valence-corrected chi connectivity index (χ4v) is 5.22. The Kier molecular flexibility index (Phi) is 5.29. The van der Waals surface area contributed by atoms with Crippen LogP contribution in [-0.4, -0.2) is 27.4 Å². The van der Waals surface area contributed by atoms with Gasteiger partial charge in [-0.1, -0.05) is 48.0 Å². The minimum atomic E-state index is -6.03. The van der Waals surface area contributed by atoms with Crippen molar-refractivity contribution in [2.24, 2.45) is 0 Å². The minimum Gasteiger partial charge on any atom is -0.369 e. The standard InChI is InChI=1S/C27H16ClF7N2O/c28-19-2-1-3-20(29)21(19)24-36-22-15-8-6-13(12-4-5-12)10-17(15)18-11-14(7-9-16(18)23(22)37-24)25(38,26(30,31)32)27(33,34)35/h1-3,6-12,38H,4-5H2,(H,36,37). The number of rotatable bonds is 3. The van der Waals surface area contributed by atoms with Crippen molar-refractivity contribution in [2.75, 3.05) is 0 Å². The number of nitrogens with zero attached hydrogens (tertiary/aromatic N) is 1. The number of hydrogen-bond donors (Lipinski definition) is 2. The lowest BCUT2D eigenvalue weighted by Gasteiger charge is -2.32. The Balaban J connectivity index is 1.72. The number of H-pyrrole nitrogens is 1. The molecule has 1 saturated carbocycles. The lowest BCUT2D eigenvalue weighted by atomic mass is 9.88. The molecule has 4 aromatic carbocycles. The zero-order valence-corrected chi connectivity index (χ0v) is 19.9. The Hall–Kier alpha value is -3.37. The van der Waals surface area contributed by atoms with E-state index in [0.717, 1.165) is 24.5 Å². The van der Waals surface area contributed by atoms with Crippen molar-refractivity contribution in [3.63, 3.8) is 0 Å². The van der Waals surface area contributed by atoms with Gasteiger partial charge in [0.05, 0.1) is 21.6 Å². The van der Waals surface area contributed by atoms with E-state index in [1.165, 1.54) is 18.2 Å². The van der Waals surface area contributed by atoms with Crippen molar-refractivity contribution in [1.82, 2.24) is 9.97 Å². The first-order valence-electron chi connectivity index (χ1n) is 11.5. The van der Waals surface area contributed by atoms with Crippen molar-refractivity contribution in [3.05, 3.63) is 76.6 Å². The normalized spacial score (nSPS) is 15.2. The van der Waals surface area contributed by atoms with E-state index in [4.69, 9.17) is 11.6 Å². The lowest BCUT2D eigenvalue weighted by Crippen LogP contribution is -2.53. The molecule has 1 aliphatic carbocycles. The van der Waals surface area contributed by atoms with Gasteiger partial charge in [0.2, 0.25) is 0 Å². The van der Waals surface area contributed by atoms with Gasteiger partial charge in [0, 0.05) is 16.3 Å². The van der Waals surface area contributed by atoms with E-state index in [9.17, 15) is 35.8 Å². The third-order valence-corrected chi connectivity index (χ3v) is 7.38. The van der Waals surface area contributed by atoms with Gasteiger partial charge < -0.3 is 10.1 Å². The number of benzene rings is 4. The van der Waals surface area contributed by atoms with Gasteiger partial charge >= 0.3 is 12.4 Å². The molecule has 0 bridgehead atoms.